The predicted molar refractivity (Wildman–Crippen MR) is 75.7 cm³/mol. The molecule has 0 radical (unpaired) electrons. The molecule has 0 unspecified atom stereocenters. The van der Waals surface area contributed by atoms with Gasteiger partial charge >= 0.3 is 0 Å². The van der Waals surface area contributed by atoms with Gasteiger partial charge in [0.05, 0.1) is 6.54 Å². The second-order valence-electron chi connectivity index (χ2n) is 5.33. The van der Waals surface area contributed by atoms with Gasteiger partial charge in [-0.05, 0) is 38.9 Å². The summed E-state index contributed by atoms with van der Waals surface area (Å²) in [6.07, 6.45) is 2.61. The summed E-state index contributed by atoms with van der Waals surface area (Å²) < 4.78 is 1.89. The molecule has 0 saturated carbocycles. The van der Waals surface area contributed by atoms with Gasteiger partial charge in [-0.2, -0.15) is 5.10 Å². The van der Waals surface area contributed by atoms with E-state index < -0.39 is 0 Å². The number of hydrogen-bond acceptors (Lipinski definition) is 3. The number of aryl methyl sites for hydroxylation is 2. The Labute approximate surface area is 114 Å². The summed E-state index contributed by atoms with van der Waals surface area (Å²) >= 11 is 0. The van der Waals surface area contributed by atoms with E-state index in [1.54, 1.807) is 0 Å². The maximum absolute atomic E-state index is 4.69. The van der Waals surface area contributed by atoms with Crippen LogP contribution in [-0.2, 0) is 13.6 Å². The lowest BCUT2D eigenvalue weighted by molar-refractivity contribution is 0.322. The van der Waals surface area contributed by atoms with Gasteiger partial charge in [-0.1, -0.05) is 23.8 Å². The first-order chi connectivity index (χ1) is 9.22. The van der Waals surface area contributed by atoms with E-state index in [1.807, 2.05) is 11.7 Å². The van der Waals surface area contributed by atoms with E-state index in [1.165, 1.54) is 31.5 Å². The highest BCUT2D eigenvalue weighted by molar-refractivity contribution is 5.56. The van der Waals surface area contributed by atoms with E-state index in [-0.39, 0.29) is 0 Å². The summed E-state index contributed by atoms with van der Waals surface area (Å²) in [5.41, 5.74) is 2.39. The Morgan fingerprint density at radius 2 is 2.00 bits per heavy atom. The smallest absolute Gasteiger partial charge is 0.165 e. The lowest BCUT2D eigenvalue weighted by Gasteiger charge is -2.10. The number of hydrogen-bond donors (Lipinski definition) is 0. The zero-order valence-corrected chi connectivity index (χ0v) is 11.6. The summed E-state index contributed by atoms with van der Waals surface area (Å²) in [5, 5.41) is 4.54. The normalized spacial score (nSPS) is 16.1. The fourth-order valence-electron chi connectivity index (χ4n) is 2.68. The van der Waals surface area contributed by atoms with Crippen LogP contribution in [0.25, 0.3) is 11.4 Å². The Bertz CT molecular complexity index is 567. The van der Waals surface area contributed by atoms with Crippen LogP contribution in [0.3, 0.4) is 0 Å². The molecule has 0 atom stereocenters. The van der Waals surface area contributed by atoms with Crippen molar-refractivity contribution in [3.8, 4) is 11.4 Å². The topological polar surface area (TPSA) is 34.0 Å². The summed E-state index contributed by atoms with van der Waals surface area (Å²) in [6.45, 7) is 5.33. The van der Waals surface area contributed by atoms with Gasteiger partial charge < -0.3 is 0 Å². The first-order valence-corrected chi connectivity index (χ1v) is 6.92. The Morgan fingerprint density at radius 1 is 1.21 bits per heavy atom. The molecule has 1 aliphatic heterocycles. The van der Waals surface area contributed by atoms with E-state index in [9.17, 15) is 0 Å². The fraction of sp³-hybridized carbons (Fsp3) is 0.467. The summed E-state index contributed by atoms with van der Waals surface area (Å²) in [7, 11) is 1.97. The average Bonchev–Trinajstić information content (AvgIpc) is 3.00. The van der Waals surface area contributed by atoms with Crippen LogP contribution in [0.4, 0.5) is 0 Å². The second-order valence-corrected chi connectivity index (χ2v) is 5.33. The monoisotopic (exact) mass is 256 g/mol. The first kappa shape index (κ1) is 12.4. The van der Waals surface area contributed by atoms with Crippen LogP contribution in [0.2, 0.25) is 0 Å². The van der Waals surface area contributed by atoms with Crippen LogP contribution in [-0.4, -0.2) is 32.8 Å². The Kier molecular flexibility index (Phi) is 3.34. The first-order valence-electron chi connectivity index (χ1n) is 6.92. The molecule has 4 nitrogen and oxygen atoms in total. The van der Waals surface area contributed by atoms with Gasteiger partial charge in [0.1, 0.15) is 0 Å². The van der Waals surface area contributed by atoms with Crippen molar-refractivity contribution < 1.29 is 0 Å². The molecular formula is C15H20N4. The Balaban J connectivity index is 1.84. The molecule has 0 bridgehead atoms. The van der Waals surface area contributed by atoms with E-state index in [4.69, 9.17) is 4.98 Å². The van der Waals surface area contributed by atoms with Gasteiger partial charge in [0.15, 0.2) is 11.6 Å². The third-order valence-corrected chi connectivity index (χ3v) is 3.65. The summed E-state index contributed by atoms with van der Waals surface area (Å²) in [5.74, 6) is 1.89. The minimum absolute atomic E-state index is 0.875. The van der Waals surface area contributed by atoms with Crippen molar-refractivity contribution >= 4 is 0 Å². The maximum atomic E-state index is 4.69. The predicted octanol–water partition coefficient (Wildman–Crippen LogP) is 2.39. The van der Waals surface area contributed by atoms with Gasteiger partial charge in [0.25, 0.3) is 0 Å². The minimum Gasteiger partial charge on any atom is -0.296 e. The van der Waals surface area contributed by atoms with Crippen LogP contribution in [0.15, 0.2) is 24.3 Å². The zero-order chi connectivity index (χ0) is 13.2. The molecule has 1 aliphatic rings. The fourth-order valence-corrected chi connectivity index (χ4v) is 2.68. The van der Waals surface area contributed by atoms with Crippen LogP contribution in [0.1, 0.15) is 24.2 Å². The standard InChI is InChI=1S/C15H20N4/c1-12-6-5-7-13(10-12)15-16-14(17-18(15)2)11-19-8-3-4-9-19/h5-7,10H,3-4,8-9,11H2,1-2H3. The third-order valence-electron chi connectivity index (χ3n) is 3.65. The molecule has 0 spiro atoms. The third kappa shape index (κ3) is 2.68. The molecule has 2 aromatic rings. The van der Waals surface area contributed by atoms with Gasteiger partial charge in [-0.15, -0.1) is 0 Å². The van der Waals surface area contributed by atoms with Gasteiger partial charge in [0, 0.05) is 12.6 Å². The summed E-state index contributed by atoms with van der Waals surface area (Å²) in [4.78, 5) is 7.12. The van der Waals surface area contributed by atoms with Crippen molar-refractivity contribution in [3.05, 3.63) is 35.7 Å². The molecule has 2 heterocycles. The molecule has 1 aromatic carbocycles. The van der Waals surface area contributed by atoms with Gasteiger partial charge in [-0.3, -0.25) is 4.90 Å². The van der Waals surface area contributed by atoms with Crippen LogP contribution < -0.4 is 0 Å². The van der Waals surface area contributed by atoms with Crippen molar-refractivity contribution in [3.63, 3.8) is 0 Å². The molecule has 0 amide bonds. The molecular weight excluding hydrogens is 236 g/mol. The van der Waals surface area contributed by atoms with Gasteiger partial charge in [-0.25, -0.2) is 9.67 Å². The van der Waals surface area contributed by atoms with E-state index in [0.717, 1.165) is 23.8 Å². The van der Waals surface area contributed by atoms with E-state index in [2.05, 4.69) is 41.2 Å². The van der Waals surface area contributed by atoms with Gasteiger partial charge in [0.2, 0.25) is 0 Å². The number of nitrogens with zero attached hydrogens (tertiary/aromatic N) is 4. The molecule has 1 fully saturated rings. The van der Waals surface area contributed by atoms with E-state index in [0.29, 0.717) is 0 Å². The molecule has 19 heavy (non-hydrogen) atoms. The largest absolute Gasteiger partial charge is 0.296 e. The number of likely N-dealkylation sites (tertiary alicyclic amines) is 1. The zero-order valence-electron chi connectivity index (χ0n) is 11.6. The molecule has 0 N–H and O–H groups in total. The quantitative estimate of drug-likeness (QED) is 0.845. The van der Waals surface area contributed by atoms with Crippen molar-refractivity contribution in [1.82, 2.24) is 19.7 Å². The maximum Gasteiger partial charge on any atom is 0.165 e. The molecule has 1 aromatic heterocycles. The number of rotatable bonds is 3. The minimum atomic E-state index is 0.875. The Morgan fingerprint density at radius 3 is 2.74 bits per heavy atom. The lowest BCUT2D eigenvalue weighted by Crippen LogP contribution is -2.19. The molecule has 100 valence electrons. The highest BCUT2D eigenvalue weighted by atomic mass is 15.3. The SMILES string of the molecule is Cc1cccc(-c2nc(CN3CCCC3)nn2C)c1. The summed E-state index contributed by atoms with van der Waals surface area (Å²) in [6, 6.07) is 8.42. The van der Waals surface area contributed by atoms with Crippen molar-refractivity contribution in [2.24, 2.45) is 7.05 Å². The highest BCUT2D eigenvalue weighted by Gasteiger charge is 2.16. The van der Waals surface area contributed by atoms with Crippen molar-refractivity contribution in [2.45, 2.75) is 26.3 Å². The number of benzene rings is 1. The average molecular weight is 256 g/mol. The van der Waals surface area contributed by atoms with Crippen LogP contribution >= 0.6 is 0 Å². The molecule has 4 heteroatoms. The second kappa shape index (κ2) is 5.13. The van der Waals surface area contributed by atoms with Crippen molar-refractivity contribution in [1.29, 1.82) is 0 Å². The molecule has 1 saturated heterocycles. The molecule has 0 aliphatic carbocycles. The molecule has 3 rings (SSSR count). The Hall–Kier alpha value is -1.68. The van der Waals surface area contributed by atoms with E-state index >= 15 is 0 Å². The van der Waals surface area contributed by atoms with Crippen molar-refractivity contribution in [2.75, 3.05) is 13.1 Å². The number of aromatic nitrogens is 3. The van der Waals surface area contributed by atoms with Crippen LogP contribution in [0.5, 0.6) is 0 Å². The lowest BCUT2D eigenvalue weighted by atomic mass is 10.1. The highest BCUT2D eigenvalue weighted by Crippen LogP contribution is 2.19. The van der Waals surface area contributed by atoms with Crippen LogP contribution in [0, 0.1) is 6.92 Å².